The number of hydrogen-bond acceptors (Lipinski definition) is 4. The van der Waals surface area contributed by atoms with Crippen molar-refractivity contribution in [1.29, 1.82) is 0 Å². The van der Waals surface area contributed by atoms with Crippen molar-refractivity contribution in [3.05, 3.63) is 16.5 Å². The molecule has 0 bridgehead atoms. The van der Waals surface area contributed by atoms with E-state index in [0.717, 1.165) is 42.4 Å². The van der Waals surface area contributed by atoms with E-state index in [1.165, 1.54) is 12.8 Å². The summed E-state index contributed by atoms with van der Waals surface area (Å²) in [5, 5.41) is 0. The van der Waals surface area contributed by atoms with E-state index in [2.05, 4.69) is 37.7 Å². The first-order chi connectivity index (χ1) is 8.72. The summed E-state index contributed by atoms with van der Waals surface area (Å²) in [6.07, 6.45) is 3.22. The maximum absolute atomic E-state index is 5.23. The second-order valence-electron chi connectivity index (χ2n) is 4.70. The van der Waals surface area contributed by atoms with Crippen LogP contribution >= 0.6 is 15.9 Å². The van der Waals surface area contributed by atoms with Gasteiger partial charge in [0.15, 0.2) is 0 Å². The SMILES string of the molecule is CCc1nc(Br)cc(N2CCC(COC)CC2)n1. The Morgan fingerprint density at radius 2 is 2.11 bits per heavy atom. The first-order valence-electron chi connectivity index (χ1n) is 6.50. The summed E-state index contributed by atoms with van der Waals surface area (Å²) < 4.78 is 6.10. The number of nitrogens with zero attached hydrogens (tertiary/aromatic N) is 3. The third-order valence-electron chi connectivity index (χ3n) is 3.38. The number of halogens is 1. The van der Waals surface area contributed by atoms with E-state index >= 15 is 0 Å². The number of rotatable bonds is 4. The predicted molar refractivity (Wildman–Crippen MR) is 75.9 cm³/mol. The van der Waals surface area contributed by atoms with Gasteiger partial charge in [0.1, 0.15) is 16.2 Å². The van der Waals surface area contributed by atoms with E-state index in [4.69, 9.17) is 4.74 Å². The molecule has 0 unspecified atom stereocenters. The molecule has 0 atom stereocenters. The van der Waals surface area contributed by atoms with Crippen LogP contribution in [0.1, 0.15) is 25.6 Å². The fraction of sp³-hybridized carbons (Fsp3) is 0.692. The van der Waals surface area contributed by atoms with E-state index < -0.39 is 0 Å². The monoisotopic (exact) mass is 313 g/mol. The summed E-state index contributed by atoms with van der Waals surface area (Å²) in [6, 6.07) is 2.01. The molecule has 0 aromatic carbocycles. The third kappa shape index (κ3) is 3.42. The lowest BCUT2D eigenvalue weighted by Gasteiger charge is -2.32. The second-order valence-corrected chi connectivity index (χ2v) is 5.52. The molecule has 1 aliphatic rings. The number of methoxy groups -OCH3 is 1. The first kappa shape index (κ1) is 13.7. The van der Waals surface area contributed by atoms with Crippen molar-refractivity contribution in [2.24, 2.45) is 5.92 Å². The maximum atomic E-state index is 5.23. The molecule has 18 heavy (non-hydrogen) atoms. The average molecular weight is 314 g/mol. The zero-order chi connectivity index (χ0) is 13.0. The molecule has 1 fully saturated rings. The molecule has 1 aromatic heterocycles. The predicted octanol–water partition coefficient (Wildman–Crippen LogP) is 2.66. The van der Waals surface area contributed by atoms with Gasteiger partial charge in [0, 0.05) is 39.3 Å². The number of piperidine rings is 1. The zero-order valence-corrected chi connectivity index (χ0v) is 12.6. The van der Waals surface area contributed by atoms with Gasteiger partial charge in [0.25, 0.3) is 0 Å². The smallest absolute Gasteiger partial charge is 0.133 e. The number of ether oxygens (including phenoxy) is 1. The summed E-state index contributed by atoms with van der Waals surface area (Å²) in [4.78, 5) is 11.3. The van der Waals surface area contributed by atoms with Gasteiger partial charge in [-0.05, 0) is 34.7 Å². The van der Waals surface area contributed by atoms with Crippen LogP contribution in [0.15, 0.2) is 10.7 Å². The van der Waals surface area contributed by atoms with E-state index in [1.54, 1.807) is 7.11 Å². The molecule has 0 spiro atoms. The molecule has 4 nitrogen and oxygen atoms in total. The maximum Gasteiger partial charge on any atom is 0.133 e. The van der Waals surface area contributed by atoms with Crippen LogP contribution in [0.2, 0.25) is 0 Å². The Morgan fingerprint density at radius 1 is 1.39 bits per heavy atom. The molecule has 2 heterocycles. The molecule has 2 rings (SSSR count). The Balaban J connectivity index is 2.02. The van der Waals surface area contributed by atoms with Gasteiger partial charge >= 0.3 is 0 Å². The number of hydrogen-bond donors (Lipinski definition) is 0. The van der Waals surface area contributed by atoms with Gasteiger partial charge in [0.05, 0.1) is 0 Å². The molecule has 1 aliphatic heterocycles. The van der Waals surface area contributed by atoms with Crippen molar-refractivity contribution in [3.8, 4) is 0 Å². The molecule has 1 saturated heterocycles. The lowest BCUT2D eigenvalue weighted by atomic mass is 9.98. The summed E-state index contributed by atoms with van der Waals surface area (Å²) in [7, 11) is 1.78. The van der Waals surface area contributed by atoms with Crippen molar-refractivity contribution in [1.82, 2.24) is 9.97 Å². The van der Waals surface area contributed by atoms with Gasteiger partial charge in [-0.1, -0.05) is 6.92 Å². The van der Waals surface area contributed by atoms with Crippen molar-refractivity contribution < 1.29 is 4.74 Å². The standard InChI is InChI=1S/C13H20BrN3O/c1-3-12-15-11(14)8-13(16-12)17-6-4-10(5-7-17)9-18-2/h8,10H,3-7,9H2,1-2H3. The Morgan fingerprint density at radius 3 is 2.72 bits per heavy atom. The molecule has 0 radical (unpaired) electrons. The summed E-state index contributed by atoms with van der Waals surface area (Å²) in [5.74, 6) is 2.64. The van der Waals surface area contributed by atoms with E-state index in [1.807, 2.05) is 6.07 Å². The molecule has 0 saturated carbocycles. The molecule has 1 aromatic rings. The second kappa shape index (κ2) is 6.48. The average Bonchev–Trinajstić information content (AvgIpc) is 2.39. The van der Waals surface area contributed by atoms with Gasteiger partial charge in [0.2, 0.25) is 0 Å². The van der Waals surface area contributed by atoms with Crippen molar-refractivity contribution in [2.45, 2.75) is 26.2 Å². The zero-order valence-electron chi connectivity index (χ0n) is 11.0. The molecule has 100 valence electrons. The number of aromatic nitrogens is 2. The fourth-order valence-electron chi connectivity index (χ4n) is 2.34. The quantitative estimate of drug-likeness (QED) is 0.801. The molecule has 5 heteroatoms. The lowest BCUT2D eigenvalue weighted by Crippen LogP contribution is -2.35. The van der Waals surface area contributed by atoms with Gasteiger partial charge in [-0.3, -0.25) is 0 Å². The van der Waals surface area contributed by atoms with Crippen molar-refractivity contribution in [2.75, 3.05) is 31.7 Å². The Hall–Kier alpha value is -0.680. The van der Waals surface area contributed by atoms with Crippen LogP contribution in [0.5, 0.6) is 0 Å². The van der Waals surface area contributed by atoms with Gasteiger partial charge in [-0.25, -0.2) is 9.97 Å². The van der Waals surface area contributed by atoms with Crippen LogP contribution in [0.4, 0.5) is 5.82 Å². The Bertz CT molecular complexity index is 392. The fourth-order valence-corrected chi connectivity index (χ4v) is 2.75. The number of anilines is 1. The summed E-state index contributed by atoms with van der Waals surface area (Å²) in [6.45, 7) is 5.07. The lowest BCUT2D eigenvalue weighted by molar-refractivity contribution is 0.139. The highest BCUT2D eigenvalue weighted by molar-refractivity contribution is 9.10. The topological polar surface area (TPSA) is 38.2 Å². The molecule has 0 amide bonds. The van der Waals surface area contributed by atoms with E-state index in [9.17, 15) is 0 Å². The minimum Gasteiger partial charge on any atom is -0.384 e. The minimum absolute atomic E-state index is 0.696. The molecule has 0 aliphatic carbocycles. The molecule has 0 N–H and O–H groups in total. The largest absolute Gasteiger partial charge is 0.384 e. The van der Waals surface area contributed by atoms with Crippen LogP contribution in [-0.4, -0.2) is 36.8 Å². The number of aryl methyl sites for hydroxylation is 1. The summed E-state index contributed by atoms with van der Waals surface area (Å²) in [5.41, 5.74) is 0. The van der Waals surface area contributed by atoms with Crippen LogP contribution in [0.3, 0.4) is 0 Å². The van der Waals surface area contributed by atoms with E-state index in [-0.39, 0.29) is 0 Å². The highest BCUT2D eigenvalue weighted by Crippen LogP contribution is 2.23. The van der Waals surface area contributed by atoms with Crippen LogP contribution in [0, 0.1) is 5.92 Å². The minimum atomic E-state index is 0.696. The highest BCUT2D eigenvalue weighted by Gasteiger charge is 2.20. The Labute approximate surface area is 117 Å². The third-order valence-corrected chi connectivity index (χ3v) is 3.79. The molecular formula is C13H20BrN3O. The van der Waals surface area contributed by atoms with Gasteiger partial charge in [-0.15, -0.1) is 0 Å². The van der Waals surface area contributed by atoms with Crippen molar-refractivity contribution >= 4 is 21.7 Å². The summed E-state index contributed by atoms with van der Waals surface area (Å²) >= 11 is 3.46. The van der Waals surface area contributed by atoms with Gasteiger partial charge < -0.3 is 9.64 Å². The molecular weight excluding hydrogens is 294 g/mol. The normalized spacial score (nSPS) is 17.2. The van der Waals surface area contributed by atoms with Crippen LogP contribution in [0.25, 0.3) is 0 Å². The van der Waals surface area contributed by atoms with Gasteiger partial charge in [-0.2, -0.15) is 0 Å². The van der Waals surface area contributed by atoms with E-state index in [0.29, 0.717) is 5.92 Å². The van der Waals surface area contributed by atoms with Crippen LogP contribution < -0.4 is 4.90 Å². The van der Waals surface area contributed by atoms with Crippen molar-refractivity contribution in [3.63, 3.8) is 0 Å². The Kier molecular flexibility index (Phi) is 4.95. The first-order valence-corrected chi connectivity index (χ1v) is 7.29. The highest BCUT2D eigenvalue weighted by atomic mass is 79.9. The van der Waals surface area contributed by atoms with Crippen LogP contribution in [-0.2, 0) is 11.2 Å².